The van der Waals surface area contributed by atoms with E-state index in [-0.39, 0.29) is 13.2 Å². The third-order valence-corrected chi connectivity index (χ3v) is 2.37. The number of H-pyrrole nitrogens is 1. The van der Waals surface area contributed by atoms with Gasteiger partial charge in [0.25, 0.3) is 0 Å². The van der Waals surface area contributed by atoms with Crippen LogP contribution in [0.3, 0.4) is 0 Å². The highest BCUT2D eigenvalue weighted by molar-refractivity contribution is 5.70. The first-order valence-electron chi connectivity index (χ1n) is 6.10. The zero-order chi connectivity index (χ0) is 15.0. The van der Waals surface area contributed by atoms with Crippen molar-refractivity contribution in [2.45, 2.75) is 13.8 Å². The minimum Gasteiger partial charge on any atom is -0.464 e. The lowest BCUT2D eigenvalue weighted by Crippen LogP contribution is -2.31. The summed E-state index contributed by atoms with van der Waals surface area (Å²) in [4.78, 5) is 31.0. The third-order valence-electron chi connectivity index (χ3n) is 2.37. The molecule has 20 heavy (non-hydrogen) atoms. The Morgan fingerprint density at radius 1 is 1.60 bits per heavy atom. The van der Waals surface area contributed by atoms with Crippen LogP contribution in [0.25, 0.3) is 12.2 Å². The number of aromatic amines is 1. The first kappa shape index (κ1) is 15.6. The second-order valence-electron chi connectivity index (χ2n) is 3.67. The van der Waals surface area contributed by atoms with Gasteiger partial charge < -0.3 is 9.72 Å². The van der Waals surface area contributed by atoms with Crippen LogP contribution in [0.15, 0.2) is 18.9 Å². The summed E-state index contributed by atoms with van der Waals surface area (Å²) in [6.45, 7) is 7.00. The van der Waals surface area contributed by atoms with E-state index >= 15 is 0 Å². The Morgan fingerprint density at radius 3 is 2.95 bits per heavy atom. The molecule has 0 bridgehead atoms. The predicted octanol–water partition coefficient (Wildman–Crippen LogP) is 0.191. The first-order valence-corrected chi connectivity index (χ1v) is 6.10. The number of rotatable bonds is 7. The van der Waals surface area contributed by atoms with Crippen molar-refractivity contribution in [3.05, 3.63) is 34.3 Å². The molecule has 0 spiro atoms. The van der Waals surface area contributed by atoms with E-state index < -0.39 is 5.97 Å². The molecule has 1 aromatic rings. The van der Waals surface area contributed by atoms with Gasteiger partial charge in [-0.2, -0.15) is 0 Å². The van der Waals surface area contributed by atoms with Crippen molar-refractivity contribution in [2.75, 3.05) is 13.2 Å². The van der Waals surface area contributed by atoms with Crippen molar-refractivity contribution in [3.63, 3.8) is 0 Å². The minimum absolute atomic E-state index is 0.261. The average Bonchev–Trinajstić information content (AvgIpc) is 2.82. The Hall–Kier alpha value is -2.41. The van der Waals surface area contributed by atoms with Gasteiger partial charge in [-0.05, 0) is 25.5 Å². The maximum Gasteiger partial charge on any atom is 0.335 e. The number of aromatic nitrogens is 1. The SMILES string of the molecule is C=CC=c1[nH]cc([N+](=O)NOCC(=O)OCC)c1=CC. The summed E-state index contributed by atoms with van der Waals surface area (Å²) in [5.41, 5.74) is 2.45. The van der Waals surface area contributed by atoms with Gasteiger partial charge >= 0.3 is 11.7 Å². The highest BCUT2D eigenvalue weighted by Crippen LogP contribution is 1.97. The van der Waals surface area contributed by atoms with Crippen molar-refractivity contribution in [2.24, 2.45) is 0 Å². The lowest BCUT2D eigenvalue weighted by molar-refractivity contribution is -0.592. The molecular formula is C13H18N3O4+. The maximum atomic E-state index is 11.8. The Labute approximate surface area is 116 Å². The van der Waals surface area contributed by atoms with E-state index in [1.807, 2.05) is 0 Å². The minimum atomic E-state index is -0.551. The molecule has 0 unspecified atom stereocenters. The number of nitrogens with zero attached hydrogens (tertiary/aromatic N) is 1. The molecule has 0 saturated heterocycles. The predicted molar refractivity (Wildman–Crippen MR) is 73.9 cm³/mol. The quantitative estimate of drug-likeness (QED) is 0.423. The zero-order valence-corrected chi connectivity index (χ0v) is 11.5. The molecule has 0 fully saturated rings. The molecule has 0 radical (unpaired) electrons. The van der Waals surface area contributed by atoms with Crippen molar-refractivity contribution in [3.8, 4) is 0 Å². The van der Waals surface area contributed by atoms with E-state index in [9.17, 15) is 9.70 Å². The van der Waals surface area contributed by atoms with E-state index in [0.717, 1.165) is 5.35 Å². The number of nitroso groups, excluding NO2 is 1. The molecule has 7 heteroatoms. The fourth-order valence-corrected chi connectivity index (χ4v) is 1.57. The molecule has 0 aromatic carbocycles. The van der Waals surface area contributed by atoms with E-state index in [1.165, 1.54) is 6.20 Å². The zero-order valence-electron chi connectivity index (χ0n) is 11.5. The molecular weight excluding hydrogens is 262 g/mol. The van der Waals surface area contributed by atoms with Crippen LogP contribution in [0.2, 0.25) is 0 Å². The number of esters is 1. The normalized spacial score (nSPS) is 12.3. The lowest BCUT2D eigenvalue weighted by Gasteiger charge is -1.99. The van der Waals surface area contributed by atoms with E-state index in [1.54, 1.807) is 32.1 Å². The molecule has 2 N–H and O–H groups in total. The summed E-state index contributed by atoms with van der Waals surface area (Å²) in [7, 11) is 0. The monoisotopic (exact) mass is 280 g/mol. The summed E-state index contributed by atoms with van der Waals surface area (Å²) >= 11 is 0. The largest absolute Gasteiger partial charge is 0.464 e. The van der Waals surface area contributed by atoms with Gasteiger partial charge in [-0.25, -0.2) is 9.63 Å². The molecule has 0 saturated carbocycles. The smallest absolute Gasteiger partial charge is 0.335 e. The van der Waals surface area contributed by atoms with Crippen LogP contribution in [0.4, 0.5) is 5.69 Å². The number of allylic oxidation sites excluding steroid dienone is 1. The van der Waals surface area contributed by atoms with Crippen LogP contribution in [0.5, 0.6) is 0 Å². The molecule has 1 aromatic heterocycles. The molecule has 108 valence electrons. The van der Waals surface area contributed by atoms with Gasteiger partial charge in [0.15, 0.2) is 11.5 Å². The molecule has 0 aliphatic heterocycles. The topological polar surface area (TPSA) is 83.4 Å². The molecule has 0 aliphatic rings. The van der Waals surface area contributed by atoms with Crippen LogP contribution in [0.1, 0.15) is 13.8 Å². The highest BCUT2D eigenvalue weighted by Gasteiger charge is 2.18. The third kappa shape index (κ3) is 4.06. The van der Waals surface area contributed by atoms with Gasteiger partial charge in [-0.15, -0.1) is 0 Å². The van der Waals surface area contributed by atoms with E-state index in [4.69, 9.17) is 4.84 Å². The van der Waals surface area contributed by atoms with Gasteiger partial charge in [-0.1, -0.05) is 18.7 Å². The van der Waals surface area contributed by atoms with Crippen LogP contribution in [-0.4, -0.2) is 29.0 Å². The second kappa shape index (κ2) is 7.90. The standard InChI is InChI=1S/C13H18N3O4/c1-4-7-11-10(5-2)12(8-14-11)16(18)15-20-9-13(17)19-6-3/h4-5,7-8,14H,1,6,9H2,2-3H3,(H,15,18)/q+1. The lowest BCUT2D eigenvalue weighted by atomic mass is 10.3. The molecule has 0 atom stereocenters. The summed E-state index contributed by atoms with van der Waals surface area (Å²) < 4.78 is 4.66. The summed E-state index contributed by atoms with van der Waals surface area (Å²) in [6.07, 6.45) is 6.66. The number of hydrazine groups is 1. The van der Waals surface area contributed by atoms with Crippen LogP contribution in [0, 0.1) is 4.91 Å². The van der Waals surface area contributed by atoms with Crippen molar-refractivity contribution >= 4 is 23.8 Å². The molecule has 1 heterocycles. The molecule has 7 nitrogen and oxygen atoms in total. The Kier molecular flexibility index (Phi) is 6.18. The van der Waals surface area contributed by atoms with Crippen molar-refractivity contribution < 1.29 is 19.2 Å². The van der Waals surface area contributed by atoms with Crippen molar-refractivity contribution in [1.82, 2.24) is 10.6 Å². The van der Waals surface area contributed by atoms with Gasteiger partial charge in [0.2, 0.25) is 0 Å². The number of hydrogen-bond acceptors (Lipinski definition) is 4. The first-order chi connectivity index (χ1) is 9.63. The summed E-state index contributed by atoms with van der Waals surface area (Å²) in [5.74, 6) is -0.551. The molecule has 0 aliphatic carbocycles. The van der Waals surface area contributed by atoms with Gasteiger partial charge in [-0.3, -0.25) is 0 Å². The van der Waals surface area contributed by atoms with Gasteiger partial charge in [0.1, 0.15) is 0 Å². The Balaban J connectivity index is 2.72. The number of nitrogens with one attached hydrogen (secondary N) is 2. The number of ether oxygens (including phenoxy) is 1. The Morgan fingerprint density at radius 2 is 2.35 bits per heavy atom. The van der Waals surface area contributed by atoms with Crippen LogP contribution >= 0.6 is 0 Å². The Bertz CT molecular complexity index is 604. The molecule has 1 rings (SSSR count). The summed E-state index contributed by atoms with van der Waals surface area (Å²) in [6, 6.07) is 0. The van der Waals surface area contributed by atoms with E-state index in [0.29, 0.717) is 15.8 Å². The van der Waals surface area contributed by atoms with Crippen LogP contribution in [-0.2, 0) is 14.4 Å². The average molecular weight is 280 g/mol. The number of carbonyl (C=O) groups is 1. The van der Waals surface area contributed by atoms with Crippen molar-refractivity contribution in [1.29, 1.82) is 0 Å². The van der Waals surface area contributed by atoms with Crippen LogP contribution < -0.4 is 16.2 Å². The van der Waals surface area contributed by atoms with Gasteiger partial charge in [0, 0.05) is 0 Å². The maximum absolute atomic E-state index is 11.8. The highest BCUT2D eigenvalue weighted by atomic mass is 16.7. The number of carbonyl (C=O) groups excluding carboxylic acids is 1. The van der Waals surface area contributed by atoms with Gasteiger partial charge in [0.05, 0.1) is 28.3 Å². The van der Waals surface area contributed by atoms with E-state index in [2.05, 4.69) is 21.9 Å². The fourth-order valence-electron chi connectivity index (χ4n) is 1.57. The molecule has 0 amide bonds. The fraction of sp³-hybridized carbons (Fsp3) is 0.308. The second-order valence-corrected chi connectivity index (χ2v) is 3.67. The number of hydrogen-bond donors (Lipinski definition) is 2. The summed E-state index contributed by atoms with van der Waals surface area (Å²) in [5, 5.41) is 1.46.